The fourth-order valence-electron chi connectivity index (χ4n) is 2.73. The number of benzene rings is 2. The summed E-state index contributed by atoms with van der Waals surface area (Å²) in [6.45, 7) is 5.49. The minimum atomic E-state index is -0.712. The van der Waals surface area contributed by atoms with Crippen LogP contribution in [-0.2, 0) is 16.1 Å². The van der Waals surface area contributed by atoms with Crippen LogP contribution in [0.3, 0.4) is 0 Å². The molecule has 7 heteroatoms. The molecule has 0 aliphatic rings. The highest BCUT2D eigenvalue weighted by atomic mass is 19.1. The van der Waals surface area contributed by atoms with Gasteiger partial charge >= 0.3 is 0 Å². The van der Waals surface area contributed by atoms with Gasteiger partial charge in [0.25, 0.3) is 5.91 Å². The van der Waals surface area contributed by atoms with E-state index in [9.17, 15) is 14.0 Å². The maximum atomic E-state index is 13.2. The second-order valence-corrected chi connectivity index (χ2v) is 7.11. The van der Waals surface area contributed by atoms with Crippen LogP contribution >= 0.6 is 0 Å². The SMILES string of the molecule is CC[C@H](C)NC(=O)[C@H](C)N(Cc1ccc(F)cc1)C(=O)COc1ccc(OC)cc1. The number of amides is 2. The van der Waals surface area contributed by atoms with E-state index in [4.69, 9.17) is 9.47 Å². The summed E-state index contributed by atoms with van der Waals surface area (Å²) >= 11 is 0. The summed E-state index contributed by atoms with van der Waals surface area (Å²) in [4.78, 5) is 27.0. The Morgan fingerprint density at radius 2 is 1.63 bits per heavy atom. The second kappa shape index (κ2) is 11.2. The largest absolute Gasteiger partial charge is 0.497 e. The van der Waals surface area contributed by atoms with E-state index in [1.54, 1.807) is 50.4 Å². The molecule has 2 atom stereocenters. The van der Waals surface area contributed by atoms with Crippen LogP contribution < -0.4 is 14.8 Å². The van der Waals surface area contributed by atoms with Gasteiger partial charge in [0.05, 0.1) is 7.11 Å². The van der Waals surface area contributed by atoms with E-state index in [1.807, 2.05) is 13.8 Å². The lowest BCUT2D eigenvalue weighted by Gasteiger charge is -2.29. The normalized spacial score (nSPS) is 12.6. The number of nitrogens with one attached hydrogen (secondary N) is 1. The van der Waals surface area contributed by atoms with Crippen molar-refractivity contribution in [1.29, 1.82) is 0 Å². The van der Waals surface area contributed by atoms with E-state index in [0.717, 1.165) is 12.0 Å². The van der Waals surface area contributed by atoms with Gasteiger partial charge in [-0.05, 0) is 62.2 Å². The standard InChI is InChI=1S/C23H29FN2O4/c1-5-16(2)25-23(28)17(3)26(14-18-6-8-19(24)9-7-18)22(27)15-30-21-12-10-20(29-4)11-13-21/h6-13,16-17H,5,14-15H2,1-4H3,(H,25,28)/t16-,17-/m0/s1. The van der Waals surface area contributed by atoms with Crippen molar-refractivity contribution >= 4 is 11.8 Å². The Labute approximate surface area is 177 Å². The molecule has 0 radical (unpaired) electrons. The summed E-state index contributed by atoms with van der Waals surface area (Å²) in [7, 11) is 1.57. The quantitative estimate of drug-likeness (QED) is 0.643. The molecular formula is C23H29FN2O4. The first-order valence-electron chi connectivity index (χ1n) is 9.95. The fourth-order valence-corrected chi connectivity index (χ4v) is 2.73. The highest BCUT2D eigenvalue weighted by molar-refractivity contribution is 5.88. The summed E-state index contributed by atoms with van der Waals surface area (Å²) in [5.41, 5.74) is 0.720. The van der Waals surface area contributed by atoms with E-state index in [2.05, 4.69) is 5.32 Å². The van der Waals surface area contributed by atoms with Crippen molar-refractivity contribution in [1.82, 2.24) is 10.2 Å². The topological polar surface area (TPSA) is 67.9 Å². The first kappa shape index (κ1) is 23.2. The van der Waals surface area contributed by atoms with E-state index in [1.165, 1.54) is 17.0 Å². The van der Waals surface area contributed by atoms with Crippen LogP contribution in [0.4, 0.5) is 4.39 Å². The van der Waals surface area contributed by atoms with Gasteiger partial charge in [0.15, 0.2) is 6.61 Å². The van der Waals surface area contributed by atoms with Gasteiger partial charge < -0.3 is 19.7 Å². The minimum Gasteiger partial charge on any atom is -0.497 e. The Balaban J connectivity index is 2.12. The molecular weight excluding hydrogens is 387 g/mol. The highest BCUT2D eigenvalue weighted by Crippen LogP contribution is 2.18. The van der Waals surface area contributed by atoms with E-state index in [0.29, 0.717) is 11.5 Å². The summed E-state index contributed by atoms with van der Waals surface area (Å²) in [5.74, 6) is 0.248. The molecule has 30 heavy (non-hydrogen) atoms. The Morgan fingerprint density at radius 1 is 1.03 bits per heavy atom. The number of methoxy groups -OCH3 is 1. The Morgan fingerprint density at radius 3 is 2.20 bits per heavy atom. The second-order valence-electron chi connectivity index (χ2n) is 7.11. The average Bonchev–Trinajstić information content (AvgIpc) is 2.76. The molecule has 162 valence electrons. The smallest absolute Gasteiger partial charge is 0.261 e. The Kier molecular flexibility index (Phi) is 8.65. The first-order valence-corrected chi connectivity index (χ1v) is 9.95. The Hall–Kier alpha value is -3.09. The molecule has 2 rings (SSSR count). The molecule has 0 saturated heterocycles. The molecule has 0 aromatic heterocycles. The number of ether oxygens (including phenoxy) is 2. The summed E-state index contributed by atoms with van der Waals surface area (Å²) in [5, 5.41) is 2.90. The lowest BCUT2D eigenvalue weighted by molar-refractivity contribution is -0.142. The van der Waals surface area contributed by atoms with Crippen molar-refractivity contribution in [3.63, 3.8) is 0 Å². The van der Waals surface area contributed by atoms with Crippen LogP contribution in [0, 0.1) is 5.82 Å². The van der Waals surface area contributed by atoms with Crippen LogP contribution in [-0.4, -0.2) is 42.5 Å². The lowest BCUT2D eigenvalue weighted by atomic mass is 10.1. The number of carbonyl (C=O) groups excluding carboxylic acids is 2. The van der Waals surface area contributed by atoms with Gasteiger partial charge in [0, 0.05) is 12.6 Å². The first-order chi connectivity index (χ1) is 14.3. The van der Waals surface area contributed by atoms with Crippen LogP contribution in [0.5, 0.6) is 11.5 Å². The monoisotopic (exact) mass is 416 g/mol. The molecule has 0 fully saturated rings. The zero-order chi connectivity index (χ0) is 22.1. The molecule has 0 aliphatic heterocycles. The van der Waals surface area contributed by atoms with Gasteiger partial charge in [-0.25, -0.2) is 4.39 Å². The predicted molar refractivity (Wildman–Crippen MR) is 113 cm³/mol. The summed E-state index contributed by atoms with van der Waals surface area (Å²) < 4.78 is 23.9. The fraction of sp³-hybridized carbons (Fsp3) is 0.391. The van der Waals surface area contributed by atoms with Crippen molar-refractivity contribution in [2.24, 2.45) is 0 Å². The highest BCUT2D eigenvalue weighted by Gasteiger charge is 2.27. The third-order valence-corrected chi connectivity index (χ3v) is 4.86. The third-order valence-electron chi connectivity index (χ3n) is 4.86. The van der Waals surface area contributed by atoms with E-state index >= 15 is 0 Å². The lowest BCUT2D eigenvalue weighted by Crippen LogP contribution is -2.50. The number of rotatable bonds is 10. The van der Waals surface area contributed by atoms with Crippen molar-refractivity contribution in [3.8, 4) is 11.5 Å². The number of hydrogen-bond donors (Lipinski definition) is 1. The van der Waals surface area contributed by atoms with Crippen LogP contribution in [0.25, 0.3) is 0 Å². The van der Waals surface area contributed by atoms with Crippen molar-refractivity contribution in [3.05, 3.63) is 59.9 Å². The van der Waals surface area contributed by atoms with Gasteiger partial charge in [-0.3, -0.25) is 9.59 Å². The van der Waals surface area contributed by atoms with Gasteiger partial charge in [-0.1, -0.05) is 19.1 Å². The molecule has 0 heterocycles. The van der Waals surface area contributed by atoms with Crippen LogP contribution in [0.2, 0.25) is 0 Å². The molecule has 0 unspecified atom stereocenters. The third kappa shape index (κ3) is 6.76. The van der Waals surface area contributed by atoms with E-state index in [-0.39, 0.29) is 36.8 Å². The number of hydrogen-bond acceptors (Lipinski definition) is 4. The maximum absolute atomic E-state index is 13.2. The minimum absolute atomic E-state index is 0.00160. The zero-order valence-electron chi connectivity index (χ0n) is 17.9. The summed E-state index contributed by atoms with van der Waals surface area (Å²) in [6.07, 6.45) is 0.783. The van der Waals surface area contributed by atoms with E-state index < -0.39 is 6.04 Å². The maximum Gasteiger partial charge on any atom is 0.261 e. The number of halogens is 1. The van der Waals surface area contributed by atoms with Crippen molar-refractivity contribution in [2.45, 2.75) is 45.8 Å². The average molecular weight is 416 g/mol. The van der Waals surface area contributed by atoms with Gasteiger partial charge in [0.2, 0.25) is 5.91 Å². The molecule has 2 aromatic rings. The van der Waals surface area contributed by atoms with Crippen LogP contribution in [0.15, 0.2) is 48.5 Å². The van der Waals surface area contributed by atoms with Crippen LogP contribution in [0.1, 0.15) is 32.8 Å². The molecule has 0 saturated carbocycles. The molecule has 1 N–H and O–H groups in total. The van der Waals surface area contributed by atoms with Gasteiger partial charge in [-0.2, -0.15) is 0 Å². The number of carbonyl (C=O) groups is 2. The van der Waals surface area contributed by atoms with Gasteiger partial charge in [0.1, 0.15) is 23.4 Å². The molecule has 2 aromatic carbocycles. The van der Waals surface area contributed by atoms with Gasteiger partial charge in [-0.15, -0.1) is 0 Å². The molecule has 6 nitrogen and oxygen atoms in total. The molecule has 0 aliphatic carbocycles. The molecule has 2 amide bonds. The molecule has 0 bridgehead atoms. The number of nitrogens with zero attached hydrogens (tertiary/aromatic N) is 1. The molecule has 0 spiro atoms. The Bertz CT molecular complexity index is 824. The van der Waals surface area contributed by atoms with Crippen molar-refractivity contribution in [2.75, 3.05) is 13.7 Å². The van der Waals surface area contributed by atoms with Crippen molar-refractivity contribution < 1.29 is 23.5 Å². The summed E-state index contributed by atoms with van der Waals surface area (Å²) in [6, 6.07) is 12.0. The predicted octanol–water partition coefficient (Wildman–Crippen LogP) is 3.55. The zero-order valence-corrected chi connectivity index (χ0v) is 17.9.